The number of benzene rings is 2. The molecule has 2 aromatic carbocycles. The van der Waals surface area contributed by atoms with E-state index in [-0.39, 0.29) is 38.5 Å². The minimum atomic E-state index is -0.716. The molecule has 0 amide bonds. The monoisotopic (exact) mass is 339 g/mol. The van der Waals surface area contributed by atoms with Gasteiger partial charge in [-0.05, 0) is 19.1 Å². The van der Waals surface area contributed by atoms with Gasteiger partial charge in [-0.2, -0.15) is 23.5 Å². The maximum atomic E-state index is 11.7. The molecule has 0 fully saturated rings. The maximum absolute atomic E-state index is 11.7. The Balaban J connectivity index is 0.00000200. The summed E-state index contributed by atoms with van der Waals surface area (Å²) in [5, 5.41) is 8.89. The molecule has 2 aromatic rings. The van der Waals surface area contributed by atoms with Crippen LogP contribution in [0.15, 0.2) is 48.5 Å². The van der Waals surface area contributed by atoms with Crippen LogP contribution in [-0.2, 0) is 37.5 Å². The van der Waals surface area contributed by atoms with Crippen LogP contribution in [0.2, 0.25) is 0 Å². The summed E-state index contributed by atoms with van der Waals surface area (Å²) in [5.74, 6) is 0.386. The maximum Gasteiger partial charge on any atom is 0.178 e. The molecule has 4 heteroatoms. The average molecular weight is 339 g/mol. The molecule has 1 atom stereocenters. The van der Waals surface area contributed by atoms with Crippen LogP contribution in [-0.4, -0.2) is 5.78 Å². The van der Waals surface area contributed by atoms with Crippen LogP contribution in [0.4, 0.5) is 0 Å². The van der Waals surface area contributed by atoms with Crippen LogP contribution in [0.5, 0.6) is 5.75 Å². The Morgan fingerprint density at radius 1 is 1.30 bits per heavy atom. The molecular formula is C16H12NO2Y-. The summed E-state index contributed by atoms with van der Waals surface area (Å²) < 4.78 is 5.65. The van der Waals surface area contributed by atoms with Gasteiger partial charge in [0.2, 0.25) is 0 Å². The Morgan fingerprint density at radius 3 is 2.70 bits per heavy atom. The summed E-state index contributed by atoms with van der Waals surface area (Å²) in [7, 11) is 0. The van der Waals surface area contributed by atoms with Crippen molar-refractivity contribution in [2.45, 2.75) is 13.0 Å². The summed E-state index contributed by atoms with van der Waals surface area (Å²) in [4.78, 5) is 11.7. The molecule has 97 valence electrons. The molecule has 0 aliphatic rings. The fourth-order valence-electron chi connectivity index (χ4n) is 1.73. The number of hydrogen-bond donors (Lipinski definition) is 0. The Morgan fingerprint density at radius 2 is 2.10 bits per heavy atom. The zero-order valence-corrected chi connectivity index (χ0v) is 13.9. The Hall–Kier alpha value is -1.50. The number of para-hydroxylation sites is 1. The van der Waals surface area contributed by atoms with Gasteiger partial charge in [0.25, 0.3) is 0 Å². The van der Waals surface area contributed by atoms with Crippen molar-refractivity contribution < 1.29 is 42.2 Å². The second kappa shape index (κ2) is 7.94. The fourth-order valence-corrected chi connectivity index (χ4v) is 1.73. The van der Waals surface area contributed by atoms with E-state index in [2.05, 4.69) is 12.1 Å². The largest absolute Gasteiger partial charge is 0.504 e. The van der Waals surface area contributed by atoms with Gasteiger partial charge < -0.3 is 4.74 Å². The van der Waals surface area contributed by atoms with E-state index >= 15 is 0 Å². The standard InChI is InChI=1S/C16H12NO2.Y/c1-12(18)16(19-15-8-3-2-4-9-15)14-7-5-6-13(10-14)11-17;/h2-8,10,16H,1H3;/q-1;/t16-;/m1./s1. The number of rotatable bonds is 4. The number of nitriles is 1. The number of nitrogens with zero attached hydrogens (tertiary/aromatic N) is 1. The van der Waals surface area contributed by atoms with Crippen molar-refractivity contribution >= 4 is 5.78 Å². The van der Waals surface area contributed by atoms with E-state index in [0.29, 0.717) is 16.9 Å². The van der Waals surface area contributed by atoms with Crippen molar-refractivity contribution in [3.63, 3.8) is 0 Å². The van der Waals surface area contributed by atoms with Crippen LogP contribution in [0.1, 0.15) is 24.2 Å². The molecule has 0 bridgehead atoms. The molecule has 0 heterocycles. The van der Waals surface area contributed by atoms with E-state index in [1.54, 1.807) is 36.4 Å². The van der Waals surface area contributed by atoms with Gasteiger partial charge in [-0.3, -0.25) is 4.79 Å². The smallest absolute Gasteiger partial charge is 0.178 e. The molecule has 1 radical (unpaired) electrons. The predicted octanol–water partition coefficient (Wildman–Crippen LogP) is 3.07. The van der Waals surface area contributed by atoms with Crippen molar-refractivity contribution in [2.24, 2.45) is 0 Å². The molecule has 3 nitrogen and oxygen atoms in total. The van der Waals surface area contributed by atoms with E-state index in [0.717, 1.165) is 0 Å². The number of Topliss-reactive ketones (excluding diaryl/α,β-unsaturated/α-hetero) is 1. The van der Waals surface area contributed by atoms with Crippen molar-refractivity contribution in [2.75, 3.05) is 0 Å². The zero-order valence-electron chi connectivity index (χ0n) is 11.0. The fraction of sp³-hybridized carbons (Fsp3) is 0.125. The third-order valence-electron chi connectivity index (χ3n) is 2.61. The molecule has 0 aliphatic carbocycles. The van der Waals surface area contributed by atoms with E-state index in [1.165, 1.54) is 6.92 Å². The van der Waals surface area contributed by atoms with Gasteiger partial charge >= 0.3 is 0 Å². The first-order valence-electron chi connectivity index (χ1n) is 5.84. The van der Waals surface area contributed by atoms with Gasteiger partial charge in [0.05, 0.1) is 11.6 Å². The molecule has 2 rings (SSSR count). The molecule has 0 aliphatic heterocycles. The Bertz CT molecular complexity index is 620. The van der Waals surface area contributed by atoms with Crippen molar-refractivity contribution in [3.05, 3.63) is 65.7 Å². The minimum Gasteiger partial charge on any atom is -0.504 e. The topological polar surface area (TPSA) is 50.1 Å². The van der Waals surface area contributed by atoms with Crippen LogP contribution >= 0.6 is 0 Å². The van der Waals surface area contributed by atoms with E-state index < -0.39 is 6.10 Å². The molecule has 0 saturated carbocycles. The molecule has 0 spiro atoms. The summed E-state index contributed by atoms with van der Waals surface area (Å²) in [6, 6.07) is 18.9. The normalized spacial score (nSPS) is 10.8. The van der Waals surface area contributed by atoms with Crippen molar-refractivity contribution in [3.8, 4) is 11.8 Å². The molecule has 0 unspecified atom stereocenters. The minimum absolute atomic E-state index is 0. The molecule has 0 N–H and O–H groups in total. The van der Waals surface area contributed by atoms with Gasteiger partial charge in [-0.15, -0.1) is 12.1 Å². The Kier molecular flexibility index (Phi) is 6.57. The summed E-state index contributed by atoms with van der Waals surface area (Å²) in [5.41, 5.74) is 1.17. The molecule has 0 saturated heterocycles. The number of ether oxygens (including phenoxy) is 1. The number of carbonyl (C=O) groups excluding carboxylic acids is 1. The second-order valence-corrected chi connectivity index (χ2v) is 4.07. The number of hydrogen-bond acceptors (Lipinski definition) is 3. The molecule has 0 aromatic heterocycles. The quantitative estimate of drug-likeness (QED) is 0.805. The number of carbonyl (C=O) groups is 1. The van der Waals surface area contributed by atoms with Gasteiger partial charge in [-0.25, -0.2) is 0 Å². The van der Waals surface area contributed by atoms with Crippen LogP contribution in [0.3, 0.4) is 0 Å². The summed E-state index contributed by atoms with van der Waals surface area (Å²) in [6.45, 7) is 1.46. The first-order valence-corrected chi connectivity index (χ1v) is 5.84. The van der Waals surface area contributed by atoms with Gasteiger partial charge in [0, 0.05) is 44.0 Å². The van der Waals surface area contributed by atoms with E-state index in [1.807, 2.05) is 12.1 Å². The third-order valence-corrected chi connectivity index (χ3v) is 2.61. The number of ketones is 1. The molecule has 20 heavy (non-hydrogen) atoms. The van der Waals surface area contributed by atoms with Gasteiger partial charge in [-0.1, -0.05) is 12.1 Å². The van der Waals surface area contributed by atoms with Gasteiger partial charge in [0.15, 0.2) is 11.9 Å². The summed E-state index contributed by atoms with van der Waals surface area (Å²) in [6.07, 6.45) is -0.716. The molecular weight excluding hydrogens is 327 g/mol. The van der Waals surface area contributed by atoms with E-state index in [4.69, 9.17) is 10.00 Å². The van der Waals surface area contributed by atoms with Crippen LogP contribution in [0, 0.1) is 17.4 Å². The first kappa shape index (κ1) is 16.6. The Labute approximate surface area is 143 Å². The van der Waals surface area contributed by atoms with Crippen molar-refractivity contribution in [1.82, 2.24) is 0 Å². The third kappa shape index (κ3) is 4.26. The van der Waals surface area contributed by atoms with Crippen molar-refractivity contribution in [1.29, 1.82) is 5.26 Å². The van der Waals surface area contributed by atoms with Crippen LogP contribution < -0.4 is 4.74 Å². The second-order valence-electron chi connectivity index (χ2n) is 4.07. The predicted molar refractivity (Wildman–Crippen MR) is 70.5 cm³/mol. The first-order chi connectivity index (χ1) is 9.20. The van der Waals surface area contributed by atoms with Crippen LogP contribution in [0.25, 0.3) is 0 Å². The van der Waals surface area contributed by atoms with Gasteiger partial charge in [0.1, 0.15) is 0 Å². The average Bonchev–Trinajstić information content (AvgIpc) is 2.45. The van der Waals surface area contributed by atoms with E-state index in [9.17, 15) is 4.79 Å². The SMILES string of the molecule is CC(=O)[C@@H](Oc1[c-]cccc1)c1cccc(C#N)c1.[Y]. The summed E-state index contributed by atoms with van der Waals surface area (Å²) >= 11 is 0. The zero-order chi connectivity index (χ0) is 13.7.